The molecule has 0 unspecified atom stereocenters. The van der Waals surface area contributed by atoms with E-state index in [2.05, 4.69) is 11.6 Å². The number of nitrogens with one attached hydrogen (secondary N) is 1. The Kier molecular flexibility index (Phi) is 4.36. The van der Waals surface area contributed by atoms with Gasteiger partial charge < -0.3 is 10.6 Å². The first-order valence-corrected chi connectivity index (χ1v) is 6.95. The molecule has 0 aromatic heterocycles. The van der Waals surface area contributed by atoms with Crippen LogP contribution in [-0.4, -0.2) is 29.1 Å². The Balaban J connectivity index is 3.20. The zero-order valence-electron chi connectivity index (χ0n) is 10.4. The van der Waals surface area contributed by atoms with E-state index in [-0.39, 0.29) is 4.90 Å². The molecule has 5 nitrogen and oxygen atoms in total. The van der Waals surface area contributed by atoms with Gasteiger partial charge in [0.25, 0.3) is 0 Å². The Morgan fingerprint density at radius 1 is 1.41 bits per heavy atom. The van der Waals surface area contributed by atoms with Crippen LogP contribution in [0.4, 0.5) is 11.4 Å². The van der Waals surface area contributed by atoms with Gasteiger partial charge in [0.15, 0.2) is 0 Å². The molecule has 1 aromatic rings. The van der Waals surface area contributed by atoms with Crippen molar-refractivity contribution in [1.29, 1.82) is 0 Å². The highest BCUT2D eigenvalue weighted by molar-refractivity contribution is 7.89. The maximum Gasteiger partial charge on any atom is 0.240 e. The normalized spacial score (nSPS) is 11.5. The summed E-state index contributed by atoms with van der Waals surface area (Å²) in [7, 11) is -0.134. The van der Waals surface area contributed by atoms with Crippen LogP contribution in [0.25, 0.3) is 0 Å². The Labute approximate surface area is 103 Å². The van der Waals surface area contributed by atoms with E-state index in [4.69, 9.17) is 5.73 Å². The monoisotopic (exact) mass is 257 g/mol. The first-order chi connectivity index (χ1) is 7.92. The molecule has 0 aliphatic carbocycles. The smallest absolute Gasteiger partial charge is 0.240 e. The molecule has 1 aromatic carbocycles. The van der Waals surface area contributed by atoms with Crippen molar-refractivity contribution in [2.75, 3.05) is 31.3 Å². The largest absolute Gasteiger partial charge is 0.397 e. The van der Waals surface area contributed by atoms with E-state index in [1.165, 1.54) is 13.1 Å². The molecular weight excluding hydrogens is 238 g/mol. The zero-order chi connectivity index (χ0) is 13.1. The summed E-state index contributed by atoms with van der Waals surface area (Å²) >= 11 is 0. The maximum absolute atomic E-state index is 11.7. The Morgan fingerprint density at radius 2 is 2.06 bits per heavy atom. The fraction of sp³-hybridized carbons (Fsp3) is 0.455. The molecule has 0 fully saturated rings. The molecular formula is C11H19N3O2S. The van der Waals surface area contributed by atoms with Crippen LogP contribution in [0.1, 0.15) is 13.3 Å². The van der Waals surface area contributed by atoms with E-state index in [1.807, 2.05) is 11.9 Å². The van der Waals surface area contributed by atoms with Crippen LogP contribution in [-0.2, 0) is 10.0 Å². The fourth-order valence-electron chi connectivity index (χ4n) is 1.59. The van der Waals surface area contributed by atoms with Gasteiger partial charge in [-0.2, -0.15) is 0 Å². The summed E-state index contributed by atoms with van der Waals surface area (Å²) in [5.74, 6) is 0. The van der Waals surface area contributed by atoms with Crippen molar-refractivity contribution in [3.8, 4) is 0 Å². The second-order valence-electron chi connectivity index (χ2n) is 3.85. The van der Waals surface area contributed by atoms with Crippen LogP contribution >= 0.6 is 0 Å². The minimum atomic E-state index is -3.42. The molecule has 0 spiro atoms. The summed E-state index contributed by atoms with van der Waals surface area (Å²) in [4.78, 5) is 2.18. The third-order valence-corrected chi connectivity index (χ3v) is 3.96. The predicted molar refractivity (Wildman–Crippen MR) is 70.7 cm³/mol. The molecule has 0 atom stereocenters. The van der Waals surface area contributed by atoms with Crippen molar-refractivity contribution < 1.29 is 8.42 Å². The van der Waals surface area contributed by atoms with Crippen molar-refractivity contribution in [3.63, 3.8) is 0 Å². The number of rotatable bonds is 5. The van der Waals surface area contributed by atoms with Crippen LogP contribution in [0.3, 0.4) is 0 Å². The van der Waals surface area contributed by atoms with Crippen molar-refractivity contribution in [2.45, 2.75) is 18.2 Å². The lowest BCUT2D eigenvalue weighted by Gasteiger charge is -2.21. The van der Waals surface area contributed by atoms with E-state index < -0.39 is 10.0 Å². The minimum Gasteiger partial charge on any atom is -0.397 e. The molecule has 0 saturated heterocycles. The van der Waals surface area contributed by atoms with Gasteiger partial charge in [0.05, 0.1) is 16.3 Å². The molecule has 0 amide bonds. The third-order valence-electron chi connectivity index (χ3n) is 2.55. The van der Waals surface area contributed by atoms with Crippen LogP contribution < -0.4 is 15.4 Å². The Bertz CT molecular complexity index is 485. The number of nitrogens with zero attached hydrogens (tertiary/aromatic N) is 1. The molecule has 0 bridgehead atoms. The van der Waals surface area contributed by atoms with Gasteiger partial charge in [0.1, 0.15) is 0 Å². The molecule has 96 valence electrons. The first kappa shape index (κ1) is 13.8. The Hall–Kier alpha value is -1.27. The van der Waals surface area contributed by atoms with E-state index in [9.17, 15) is 8.42 Å². The summed E-state index contributed by atoms with van der Waals surface area (Å²) in [6.07, 6.45) is 0.971. The van der Waals surface area contributed by atoms with Crippen LogP contribution in [0, 0.1) is 0 Å². The summed E-state index contributed by atoms with van der Waals surface area (Å²) < 4.78 is 25.6. The van der Waals surface area contributed by atoms with Gasteiger partial charge in [-0.25, -0.2) is 13.1 Å². The molecule has 0 heterocycles. The SMILES string of the molecule is CCCN(C)c1cc(S(=O)(=O)NC)ccc1N. The standard InChI is InChI=1S/C11H19N3O2S/c1-4-7-14(3)11-8-9(5-6-10(11)12)17(15,16)13-2/h5-6,8,13H,4,7,12H2,1-3H3. The van der Waals surface area contributed by atoms with Crippen LogP contribution in [0.2, 0.25) is 0 Å². The molecule has 0 radical (unpaired) electrons. The molecule has 0 aliphatic heterocycles. The van der Waals surface area contributed by atoms with Gasteiger partial charge in [0.2, 0.25) is 10.0 Å². The van der Waals surface area contributed by atoms with E-state index >= 15 is 0 Å². The van der Waals surface area contributed by atoms with Crippen molar-refractivity contribution in [2.24, 2.45) is 0 Å². The average molecular weight is 257 g/mol. The predicted octanol–water partition coefficient (Wildman–Crippen LogP) is 1.02. The molecule has 17 heavy (non-hydrogen) atoms. The molecule has 1 rings (SSSR count). The van der Waals surface area contributed by atoms with E-state index in [0.29, 0.717) is 5.69 Å². The topological polar surface area (TPSA) is 75.4 Å². The number of benzene rings is 1. The third kappa shape index (κ3) is 3.10. The summed E-state index contributed by atoms with van der Waals surface area (Å²) in [6.45, 7) is 2.88. The highest BCUT2D eigenvalue weighted by Gasteiger charge is 2.14. The zero-order valence-corrected chi connectivity index (χ0v) is 11.2. The van der Waals surface area contributed by atoms with Crippen LogP contribution in [0.5, 0.6) is 0 Å². The summed E-state index contributed by atoms with van der Waals surface area (Å²) in [5, 5.41) is 0. The van der Waals surface area contributed by atoms with Gasteiger partial charge >= 0.3 is 0 Å². The highest BCUT2D eigenvalue weighted by Crippen LogP contribution is 2.25. The lowest BCUT2D eigenvalue weighted by Crippen LogP contribution is -2.22. The number of anilines is 2. The second kappa shape index (κ2) is 5.37. The van der Waals surface area contributed by atoms with Crippen molar-refractivity contribution in [1.82, 2.24) is 4.72 Å². The quantitative estimate of drug-likeness (QED) is 0.772. The first-order valence-electron chi connectivity index (χ1n) is 5.46. The molecule has 6 heteroatoms. The van der Waals surface area contributed by atoms with Crippen molar-refractivity contribution in [3.05, 3.63) is 18.2 Å². The van der Waals surface area contributed by atoms with E-state index in [0.717, 1.165) is 18.7 Å². The lowest BCUT2D eigenvalue weighted by molar-refractivity contribution is 0.588. The van der Waals surface area contributed by atoms with Crippen LogP contribution in [0.15, 0.2) is 23.1 Å². The fourth-order valence-corrected chi connectivity index (χ4v) is 2.34. The number of hydrogen-bond donors (Lipinski definition) is 2. The van der Waals surface area contributed by atoms with E-state index in [1.54, 1.807) is 12.1 Å². The lowest BCUT2D eigenvalue weighted by atomic mass is 10.2. The van der Waals surface area contributed by atoms with Gasteiger partial charge in [-0.05, 0) is 31.7 Å². The van der Waals surface area contributed by atoms with Gasteiger partial charge in [-0.3, -0.25) is 0 Å². The Morgan fingerprint density at radius 3 is 2.59 bits per heavy atom. The second-order valence-corrected chi connectivity index (χ2v) is 5.74. The highest BCUT2D eigenvalue weighted by atomic mass is 32.2. The molecule has 0 saturated carbocycles. The molecule has 0 aliphatic rings. The van der Waals surface area contributed by atoms with Gasteiger partial charge in [-0.1, -0.05) is 6.92 Å². The summed E-state index contributed by atoms with van der Waals surface area (Å²) in [6, 6.07) is 4.72. The number of sulfonamides is 1. The average Bonchev–Trinajstić information content (AvgIpc) is 2.29. The summed E-state index contributed by atoms with van der Waals surface area (Å²) in [5.41, 5.74) is 7.17. The number of nitrogens with two attached hydrogens (primary N) is 1. The number of nitrogen functional groups attached to an aromatic ring is 1. The van der Waals surface area contributed by atoms with Crippen molar-refractivity contribution >= 4 is 21.4 Å². The maximum atomic E-state index is 11.7. The number of hydrogen-bond acceptors (Lipinski definition) is 4. The minimum absolute atomic E-state index is 0.229. The molecule has 3 N–H and O–H groups in total. The van der Waals surface area contributed by atoms with Gasteiger partial charge in [-0.15, -0.1) is 0 Å². The van der Waals surface area contributed by atoms with Gasteiger partial charge in [0, 0.05) is 13.6 Å².